The van der Waals surface area contributed by atoms with Crippen molar-refractivity contribution in [1.29, 1.82) is 0 Å². The molecule has 0 radical (unpaired) electrons. The van der Waals surface area contributed by atoms with Gasteiger partial charge in [0.05, 0.1) is 0 Å². The molecule has 17 heavy (non-hydrogen) atoms. The van der Waals surface area contributed by atoms with Crippen molar-refractivity contribution in [2.24, 2.45) is 11.7 Å². The first-order valence-corrected chi connectivity index (χ1v) is 7.00. The molecule has 1 unspecified atom stereocenters. The van der Waals surface area contributed by atoms with E-state index in [4.69, 9.17) is 10.5 Å². The van der Waals surface area contributed by atoms with E-state index in [0.717, 1.165) is 36.9 Å². The summed E-state index contributed by atoms with van der Waals surface area (Å²) in [6.07, 6.45) is 3.30. The zero-order valence-electron chi connectivity index (χ0n) is 10.3. The Labute approximate surface area is 112 Å². The van der Waals surface area contributed by atoms with Crippen LogP contribution in [0.1, 0.15) is 31.7 Å². The molecule has 1 aliphatic rings. The summed E-state index contributed by atoms with van der Waals surface area (Å²) >= 11 is 3.59. The molecule has 2 rings (SSSR count). The molecule has 0 bridgehead atoms. The van der Waals surface area contributed by atoms with E-state index >= 15 is 0 Å². The lowest BCUT2D eigenvalue weighted by Crippen LogP contribution is -2.37. The first-order valence-electron chi connectivity index (χ1n) is 6.21. The van der Waals surface area contributed by atoms with Crippen LogP contribution in [-0.2, 0) is 10.3 Å². The Balaban J connectivity index is 2.10. The van der Waals surface area contributed by atoms with Gasteiger partial charge in [-0.15, -0.1) is 0 Å². The van der Waals surface area contributed by atoms with Crippen molar-refractivity contribution in [2.75, 3.05) is 13.2 Å². The lowest BCUT2D eigenvalue weighted by Gasteiger charge is -2.32. The van der Waals surface area contributed by atoms with Crippen LogP contribution in [0.4, 0.5) is 0 Å². The third kappa shape index (κ3) is 3.30. The SMILES string of the molecule is CC(N)(CC1CCOCC1)c1ccccc1Br. The number of nitrogens with two attached hydrogens (primary N) is 1. The largest absolute Gasteiger partial charge is 0.381 e. The van der Waals surface area contributed by atoms with Crippen molar-refractivity contribution in [3.8, 4) is 0 Å². The van der Waals surface area contributed by atoms with Gasteiger partial charge in [-0.3, -0.25) is 0 Å². The third-order valence-corrected chi connectivity index (χ3v) is 4.23. The molecule has 2 N–H and O–H groups in total. The molecular formula is C14H20BrNO. The first-order chi connectivity index (χ1) is 8.09. The molecule has 1 aromatic carbocycles. The van der Waals surface area contributed by atoms with E-state index in [9.17, 15) is 0 Å². The van der Waals surface area contributed by atoms with E-state index in [1.54, 1.807) is 0 Å². The van der Waals surface area contributed by atoms with Crippen LogP contribution in [0.15, 0.2) is 28.7 Å². The van der Waals surface area contributed by atoms with E-state index in [-0.39, 0.29) is 5.54 Å². The summed E-state index contributed by atoms with van der Waals surface area (Å²) in [6.45, 7) is 3.90. The van der Waals surface area contributed by atoms with E-state index in [0.29, 0.717) is 5.92 Å². The molecule has 1 fully saturated rings. The van der Waals surface area contributed by atoms with Crippen molar-refractivity contribution >= 4 is 15.9 Å². The lowest BCUT2D eigenvalue weighted by atomic mass is 9.81. The molecule has 0 saturated carbocycles. The summed E-state index contributed by atoms with van der Waals surface area (Å²) in [5, 5.41) is 0. The highest BCUT2D eigenvalue weighted by Gasteiger charge is 2.28. The van der Waals surface area contributed by atoms with Gasteiger partial charge in [-0.2, -0.15) is 0 Å². The smallest absolute Gasteiger partial charge is 0.0468 e. The fourth-order valence-electron chi connectivity index (χ4n) is 2.58. The quantitative estimate of drug-likeness (QED) is 0.927. The zero-order valence-corrected chi connectivity index (χ0v) is 11.9. The minimum atomic E-state index is -0.262. The number of hydrogen-bond acceptors (Lipinski definition) is 2. The second-order valence-corrected chi connectivity index (χ2v) is 6.01. The molecule has 0 amide bonds. The maximum Gasteiger partial charge on any atom is 0.0468 e. The van der Waals surface area contributed by atoms with Gasteiger partial charge < -0.3 is 10.5 Å². The van der Waals surface area contributed by atoms with Gasteiger partial charge in [-0.05, 0) is 43.7 Å². The Hall–Kier alpha value is -0.380. The van der Waals surface area contributed by atoms with Gasteiger partial charge in [0, 0.05) is 23.2 Å². The molecule has 0 spiro atoms. The average molecular weight is 298 g/mol. The molecule has 1 aromatic rings. The minimum absolute atomic E-state index is 0.262. The van der Waals surface area contributed by atoms with Crippen molar-refractivity contribution in [3.05, 3.63) is 34.3 Å². The topological polar surface area (TPSA) is 35.2 Å². The van der Waals surface area contributed by atoms with Crippen molar-refractivity contribution in [1.82, 2.24) is 0 Å². The molecule has 94 valence electrons. The van der Waals surface area contributed by atoms with E-state index in [1.807, 2.05) is 6.07 Å². The van der Waals surface area contributed by atoms with Crippen LogP contribution in [-0.4, -0.2) is 13.2 Å². The van der Waals surface area contributed by atoms with Crippen molar-refractivity contribution in [2.45, 2.75) is 31.7 Å². The Morgan fingerprint density at radius 3 is 2.65 bits per heavy atom. The fraction of sp³-hybridized carbons (Fsp3) is 0.571. The van der Waals surface area contributed by atoms with Crippen LogP contribution in [0.2, 0.25) is 0 Å². The second kappa shape index (κ2) is 5.51. The highest BCUT2D eigenvalue weighted by atomic mass is 79.9. The maximum atomic E-state index is 6.50. The first kappa shape index (κ1) is 13.1. The van der Waals surface area contributed by atoms with Gasteiger partial charge in [0.25, 0.3) is 0 Å². The summed E-state index contributed by atoms with van der Waals surface area (Å²) in [5.41, 5.74) is 7.44. The molecule has 1 saturated heterocycles. The summed E-state index contributed by atoms with van der Waals surface area (Å²) < 4.78 is 6.50. The third-order valence-electron chi connectivity index (χ3n) is 3.54. The Bertz CT molecular complexity index is 372. The van der Waals surface area contributed by atoms with Crippen LogP contribution in [0, 0.1) is 5.92 Å². The summed E-state index contributed by atoms with van der Waals surface area (Å²) in [6, 6.07) is 8.25. The molecule has 2 nitrogen and oxygen atoms in total. The van der Waals surface area contributed by atoms with Gasteiger partial charge in [-0.1, -0.05) is 34.1 Å². The zero-order chi connectivity index (χ0) is 12.3. The fourth-order valence-corrected chi connectivity index (χ4v) is 3.32. The predicted octanol–water partition coefficient (Wildman–Crippen LogP) is 3.44. The number of ether oxygens (including phenoxy) is 1. The highest BCUT2D eigenvalue weighted by molar-refractivity contribution is 9.10. The highest BCUT2D eigenvalue weighted by Crippen LogP contribution is 2.34. The van der Waals surface area contributed by atoms with Gasteiger partial charge in [-0.25, -0.2) is 0 Å². The number of halogens is 1. The van der Waals surface area contributed by atoms with E-state index in [2.05, 4.69) is 41.1 Å². The summed E-state index contributed by atoms with van der Waals surface area (Å²) in [5.74, 6) is 0.686. The molecule has 1 atom stereocenters. The Kier molecular flexibility index (Phi) is 4.23. The predicted molar refractivity (Wildman–Crippen MR) is 73.8 cm³/mol. The normalized spacial score (nSPS) is 21.1. The average Bonchev–Trinajstić information content (AvgIpc) is 2.30. The maximum absolute atomic E-state index is 6.50. The molecule has 0 aliphatic carbocycles. The molecular weight excluding hydrogens is 278 g/mol. The van der Waals surface area contributed by atoms with E-state index < -0.39 is 0 Å². The van der Waals surface area contributed by atoms with Crippen molar-refractivity contribution < 1.29 is 4.74 Å². The second-order valence-electron chi connectivity index (χ2n) is 5.16. The van der Waals surface area contributed by atoms with Crippen LogP contribution in [0.3, 0.4) is 0 Å². The summed E-state index contributed by atoms with van der Waals surface area (Å²) in [4.78, 5) is 0. The van der Waals surface area contributed by atoms with Crippen LogP contribution < -0.4 is 5.73 Å². The molecule has 0 aromatic heterocycles. The Morgan fingerprint density at radius 2 is 2.00 bits per heavy atom. The van der Waals surface area contributed by atoms with Crippen LogP contribution >= 0.6 is 15.9 Å². The molecule has 1 aliphatic heterocycles. The van der Waals surface area contributed by atoms with Crippen LogP contribution in [0.5, 0.6) is 0 Å². The molecule has 3 heteroatoms. The summed E-state index contributed by atoms with van der Waals surface area (Å²) in [7, 11) is 0. The Morgan fingerprint density at radius 1 is 1.35 bits per heavy atom. The number of benzene rings is 1. The molecule has 1 heterocycles. The standard InChI is InChI=1S/C14H20BrNO/c1-14(16,10-11-6-8-17-9-7-11)12-4-2-3-5-13(12)15/h2-5,11H,6-10,16H2,1H3. The van der Waals surface area contributed by atoms with Crippen LogP contribution in [0.25, 0.3) is 0 Å². The van der Waals surface area contributed by atoms with Crippen molar-refractivity contribution in [3.63, 3.8) is 0 Å². The van der Waals surface area contributed by atoms with Gasteiger partial charge in [0.2, 0.25) is 0 Å². The number of rotatable bonds is 3. The number of hydrogen-bond donors (Lipinski definition) is 1. The van der Waals surface area contributed by atoms with Gasteiger partial charge >= 0.3 is 0 Å². The monoisotopic (exact) mass is 297 g/mol. The van der Waals surface area contributed by atoms with E-state index in [1.165, 1.54) is 5.56 Å². The lowest BCUT2D eigenvalue weighted by molar-refractivity contribution is 0.0570. The van der Waals surface area contributed by atoms with Gasteiger partial charge in [0.15, 0.2) is 0 Å². The van der Waals surface area contributed by atoms with Gasteiger partial charge in [0.1, 0.15) is 0 Å². The minimum Gasteiger partial charge on any atom is -0.381 e.